The molecule has 2 aliphatic rings. The molecule has 0 radical (unpaired) electrons. The summed E-state index contributed by atoms with van der Waals surface area (Å²) in [5.41, 5.74) is -0.558. The molecule has 2 N–H and O–H groups in total. The summed E-state index contributed by atoms with van der Waals surface area (Å²) in [7, 11) is 0. The molecular weight excluding hydrogens is 212 g/mol. The number of rotatable bonds is 1. The van der Waals surface area contributed by atoms with Crippen LogP contribution in [0.5, 0.6) is 0 Å². The Kier molecular flexibility index (Phi) is 3.57. The maximum atomic E-state index is 10.6. The summed E-state index contributed by atoms with van der Waals surface area (Å²) in [6.45, 7) is 8.65. The third-order valence-electron chi connectivity index (χ3n) is 5.51. The van der Waals surface area contributed by atoms with Crippen molar-refractivity contribution in [1.29, 1.82) is 0 Å². The van der Waals surface area contributed by atoms with Crippen molar-refractivity contribution in [3.05, 3.63) is 0 Å². The molecule has 0 aromatic carbocycles. The first-order valence-electron chi connectivity index (χ1n) is 7.25. The second-order valence-electron chi connectivity index (χ2n) is 7.03. The second-order valence-corrected chi connectivity index (χ2v) is 7.03. The number of aliphatic hydroxyl groups excluding tert-OH is 1. The minimum Gasteiger partial charge on any atom is -0.393 e. The van der Waals surface area contributed by atoms with Crippen molar-refractivity contribution < 1.29 is 10.2 Å². The molecule has 0 spiro atoms. The smallest absolute Gasteiger partial charge is 0.0651 e. The van der Waals surface area contributed by atoms with Crippen LogP contribution in [-0.4, -0.2) is 21.9 Å². The zero-order valence-electron chi connectivity index (χ0n) is 11.7. The fraction of sp³-hybridized carbons (Fsp3) is 1.00. The van der Waals surface area contributed by atoms with Crippen molar-refractivity contribution in [2.75, 3.05) is 0 Å². The molecule has 2 rings (SSSR count). The minimum absolute atomic E-state index is 0.215. The lowest BCUT2D eigenvalue weighted by Crippen LogP contribution is -2.55. The van der Waals surface area contributed by atoms with Gasteiger partial charge in [-0.3, -0.25) is 0 Å². The standard InChI is InChI=1S/C15H28O2/c1-9(2)11-7-8-15(4,17)12-6-5-10(3)14(16)13(11)12/h9-14,16-17H,5-8H2,1-4H3/t10-,11-,12+,13-,14+,15+/m0/s1. The van der Waals surface area contributed by atoms with Gasteiger partial charge in [-0.25, -0.2) is 0 Å². The van der Waals surface area contributed by atoms with E-state index in [-0.39, 0.29) is 6.10 Å². The first-order valence-corrected chi connectivity index (χ1v) is 7.25. The highest BCUT2D eigenvalue weighted by molar-refractivity contribution is 5.01. The monoisotopic (exact) mass is 240 g/mol. The van der Waals surface area contributed by atoms with Crippen molar-refractivity contribution in [1.82, 2.24) is 0 Å². The quantitative estimate of drug-likeness (QED) is 0.740. The van der Waals surface area contributed by atoms with Gasteiger partial charge in [0.25, 0.3) is 0 Å². The van der Waals surface area contributed by atoms with Gasteiger partial charge >= 0.3 is 0 Å². The molecule has 0 saturated heterocycles. The van der Waals surface area contributed by atoms with Crippen LogP contribution in [0.2, 0.25) is 0 Å². The van der Waals surface area contributed by atoms with Gasteiger partial charge in [-0.15, -0.1) is 0 Å². The fourth-order valence-corrected chi connectivity index (χ4v) is 4.31. The van der Waals surface area contributed by atoms with Crippen LogP contribution in [0.1, 0.15) is 53.4 Å². The lowest BCUT2D eigenvalue weighted by atomic mass is 9.55. The highest BCUT2D eigenvalue weighted by Crippen LogP contribution is 2.51. The Balaban J connectivity index is 2.27. The molecule has 6 atom stereocenters. The predicted octanol–water partition coefficient (Wildman–Crippen LogP) is 2.83. The molecule has 0 unspecified atom stereocenters. The first-order chi connectivity index (χ1) is 7.84. The van der Waals surface area contributed by atoms with Crippen LogP contribution < -0.4 is 0 Å². The van der Waals surface area contributed by atoms with E-state index < -0.39 is 5.60 Å². The van der Waals surface area contributed by atoms with Crippen LogP contribution in [-0.2, 0) is 0 Å². The Morgan fingerprint density at radius 2 is 1.82 bits per heavy atom. The minimum atomic E-state index is -0.558. The number of hydrogen-bond acceptors (Lipinski definition) is 2. The maximum Gasteiger partial charge on any atom is 0.0651 e. The van der Waals surface area contributed by atoms with Gasteiger partial charge in [0.1, 0.15) is 0 Å². The summed E-state index contributed by atoms with van der Waals surface area (Å²) in [5, 5.41) is 21.1. The van der Waals surface area contributed by atoms with Crippen molar-refractivity contribution in [3.63, 3.8) is 0 Å². The van der Waals surface area contributed by atoms with E-state index in [1.165, 1.54) is 0 Å². The zero-order chi connectivity index (χ0) is 12.8. The highest BCUT2D eigenvalue weighted by Gasteiger charge is 2.51. The first kappa shape index (κ1) is 13.4. The molecule has 0 amide bonds. The van der Waals surface area contributed by atoms with E-state index in [0.29, 0.717) is 29.6 Å². The Bertz CT molecular complexity index is 272. The molecule has 0 bridgehead atoms. The zero-order valence-corrected chi connectivity index (χ0v) is 11.7. The molecule has 100 valence electrons. The second kappa shape index (κ2) is 4.55. The van der Waals surface area contributed by atoms with Crippen LogP contribution in [0.4, 0.5) is 0 Å². The van der Waals surface area contributed by atoms with Crippen LogP contribution in [0.15, 0.2) is 0 Å². The largest absolute Gasteiger partial charge is 0.393 e. The Morgan fingerprint density at radius 1 is 1.18 bits per heavy atom. The number of hydrogen-bond donors (Lipinski definition) is 2. The predicted molar refractivity (Wildman–Crippen MR) is 69.6 cm³/mol. The molecule has 2 aliphatic carbocycles. The molecule has 17 heavy (non-hydrogen) atoms. The molecular formula is C15H28O2. The van der Waals surface area contributed by atoms with E-state index >= 15 is 0 Å². The van der Waals surface area contributed by atoms with Gasteiger partial charge in [-0.1, -0.05) is 20.8 Å². The average molecular weight is 240 g/mol. The third kappa shape index (κ3) is 2.26. The third-order valence-corrected chi connectivity index (χ3v) is 5.51. The maximum absolute atomic E-state index is 10.6. The molecule has 0 aliphatic heterocycles. The molecule has 2 saturated carbocycles. The number of fused-ring (bicyclic) bond motifs is 1. The van der Waals surface area contributed by atoms with Gasteiger partial charge in [-0.05, 0) is 62.2 Å². The van der Waals surface area contributed by atoms with Gasteiger partial charge in [0.15, 0.2) is 0 Å². The summed E-state index contributed by atoms with van der Waals surface area (Å²) in [6.07, 6.45) is 3.89. The Hall–Kier alpha value is -0.0800. The summed E-state index contributed by atoms with van der Waals surface area (Å²) in [5.74, 6) is 2.19. The van der Waals surface area contributed by atoms with E-state index in [1.807, 2.05) is 6.92 Å². The molecule has 0 aromatic heterocycles. The van der Waals surface area contributed by atoms with Crippen LogP contribution >= 0.6 is 0 Å². The molecule has 2 nitrogen and oxygen atoms in total. The SMILES string of the molecule is CC(C)[C@@H]1CC[C@@](C)(O)[C@@H]2CC[C@H](C)[C@@H](O)[C@H]21. The number of aliphatic hydroxyl groups is 2. The van der Waals surface area contributed by atoms with E-state index in [9.17, 15) is 10.2 Å². The van der Waals surface area contributed by atoms with Crippen LogP contribution in [0.3, 0.4) is 0 Å². The molecule has 0 heterocycles. The lowest BCUT2D eigenvalue weighted by molar-refractivity contribution is -0.153. The highest BCUT2D eigenvalue weighted by atomic mass is 16.3. The van der Waals surface area contributed by atoms with Gasteiger partial charge in [0.05, 0.1) is 11.7 Å². The van der Waals surface area contributed by atoms with Gasteiger partial charge in [-0.2, -0.15) is 0 Å². The van der Waals surface area contributed by atoms with Gasteiger partial charge in [0, 0.05) is 0 Å². The Morgan fingerprint density at radius 3 is 2.41 bits per heavy atom. The van der Waals surface area contributed by atoms with Crippen LogP contribution in [0.25, 0.3) is 0 Å². The molecule has 2 fully saturated rings. The van der Waals surface area contributed by atoms with Crippen molar-refractivity contribution >= 4 is 0 Å². The summed E-state index contributed by atoms with van der Waals surface area (Å²) >= 11 is 0. The summed E-state index contributed by atoms with van der Waals surface area (Å²) in [4.78, 5) is 0. The molecule has 2 heteroatoms. The van der Waals surface area contributed by atoms with Gasteiger partial charge in [0.2, 0.25) is 0 Å². The van der Waals surface area contributed by atoms with E-state index in [0.717, 1.165) is 25.7 Å². The normalized spacial score (nSPS) is 51.4. The van der Waals surface area contributed by atoms with Crippen molar-refractivity contribution in [2.24, 2.45) is 29.6 Å². The van der Waals surface area contributed by atoms with Crippen molar-refractivity contribution in [3.8, 4) is 0 Å². The summed E-state index contributed by atoms with van der Waals surface area (Å²) < 4.78 is 0. The van der Waals surface area contributed by atoms with E-state index in [4.69, 9.17) is 0 Å². The van der Waals surface area contributed by atoms with E-state index in [1.54, 1.807) is 0 Å². The fourth-order valence-electron chi connectivity index (χ4n) is 4.31. The Labute approximate surface area is 105 Å². The van der Waals surface area contributed by atoms with E-state index in [2.05, 4.69) is 20.8 Å². The van der Waals surface area contributed by atoms with Crippen LogP contribution in [0, 0.1) is 29.6 Å². The van der Waals surface area contributed by atoms with Gasteiger partial charge < -0.3 is 10.2 Å². The molecule has 0 aromatic rings. The summed E-state index contributed by atoms with van der Waals surface area (Å²) in [6, 6.07) is 0. The topological polar surface area (TPSA) is 40.5 Å². The van der Waals surface area contributed by atoms with Crippen molar-refractivity contribution in [2.45, 2.75) is 65.1 Å². The lowest BCUT2D eigenvalue weighted by Gasteiger charge is -2.54. The average Bonchev–Trinajstić information content (AvgIpc) is 2.23.